The number of aliphatic carboxylic acids is 2. The molecule has 0 aliphatic heterocycles. The lowest BCUT2D eigenvalue weighted by atomic mass is 9.44. The van der Waals surface area contributed by atoms with Gasteiger partial charge in [0.2, 0.25) is 17.7 Å². The number of nitrogens with one attached hydrogen (secondary N) is 5. The van der Waals surface area contributed by atoms with E-state index in [0.717, 1.165) is 41.9 Å². The summed E-state index contributed by atoms with van der Waals surface area (Å²) in [6, 6.07) is -0.355. The highest BCUT2D eigenvalue weighted by Crippen LogP contribution is 2.68. The smallest absolute Gasteiger partial charge is 0.480 e. The van der Waals surface area contributed by atoms with E-state index in [2.05, 4.69) is 47.5 Å². The first kappa shape index (κ1) is 54.3. The van der Waals surface area contributed by atoms with Gasteiger partial charge in [-0.15, -0.1) is 0 Å². The van der Waals surface area contributed by atoms with E-state index >= 15 is 0 Å². The molecular formula is C48H76BN7O12. The number of carboxylic acid groups (broad SMARTS) is 2. The van der Waals surface area contributed by atoms with Gasteiger partial charge in [-0.05, 0) is 161 Å². The standard InChI is InChI=1S/C48H76BN7O12/c1-29(35-16-17-36-34-15-14-31-10-4-7-22-47(31,2)37(34)21-23-48(35,36)3)13-19-42(58)53-40(46(63)64)18-20-41(57)51-24-8-5-11-38(55-50)44(60)54-39(45(61)62)12-6-9-25-52-43(59)30-26-32(49(65)66)28-33(27-30)56(67)68/h26-29,31,34-40,55,65-66H,4-25,50H2,1-3H3,(H,51,57)(H,52,59)(H,53,58)(H,54,60)(H,61,62)(H,63,64)/t29?,31-,34?,35?,36?,37?,38?,39?,40?,47-,48+/m1/s1. The number of nitro benzene ring substituents is 1. The third-order valence-corrected chi connectivity index (χ3v) is 16.8. The van der Waals surface area contributed by atoms with Crippen LogP contribution in [0.5, 0.6) is 0 Å². The summed E-state index contributed by atoms with van der Waals surface area (Å²) in [4.78, 5) is 85.6. The van der Waals surface area contributed by atoms with E-state index in [9.17, 15) is 59.1 Å². The Kier molecular flexibility index (Phi) is 19.8. The van der Waals surface area contributed by atoms with Gasteiger partial charge in [0.25, 0.3) is 11.6 Å². The highest BCUT2D eigenvalue weighted by atomic mass is 16.6. The summed E-state index contributed by atoms with van der Waals surface area (Å²) in [5.74, 6) is 5.29. The van der Waals surface area contributed by atoms with Gasteiger partial charge in [0, 0.05) is 43.6 Å². The van der Waals surface area contributed by atoms with Crippen molar-refractivity contribution >= 4 is 53.8 Å². The topological polar surface area (TPSA) is 313 Å². The number of nitrogens with zero attached hydrogens (tertiary/aromatic N) is 1. The lowest BCUT2D eigenvalue weighted by Gasteiger charge is -2.61. The molecule has 68 heavy (non-hydrogen) atoms. The van der Waals surface area contributed by atoms with Crippen molar-refractivity contribution in [3.8, 4) is 0 Å². The molecule has 4 aliphatic carbocycles. The monoisotopic (exact) mass is 954 g/mol. The number of carbonyl (C=O) groups is 6. The normalized spacial score (nSPS) is 26.9. The van der Waals surface area contributed by atoms with Gasteiger partial charge in [0.1, 0.15) is 12.1 Å². The average molecular weight is 954 g/mol. The summed E-state index contributed by atoms with van der Waals surface area (Å²) in [5.41, 5.74) is 2.29. The van der Waals surface area contributed by atoms with Gasteiger partial charge in [-0.1, -0.05) is 33.6 Å². The van der Waals surface area contributed by atoms with E-state index in [1.807, 2.05) is 0 Å². The molecule has 5 rings (SSSR count). The number of hydrogen-bond donors (Lipinski definition) is 10. The Morgan fingerprint density at radius 3 is 2.06 bits per heavy atom. The number of carboxylic acids is 2. The largest absolute Gasteiger partial charge is 0.488 e. The van der Waals surface area contributed by atoms with E-state index in [0.29, 0.717) is 42.9 Å². The third kappa shape index (κ3) is 13.8. The maximum absolute atomic E-state index is 13.1. The van der Waals surface area contributed by atoms with Crippen LogP contribution in [0.3, 0.4) is 0 Å². The Balaban J connectivity index is 0.949. The minimum absolute atomic E-state index is 0.0182. The van der Waals surface area contributed by atoms with Gasteiger partial charge in [0.15, 0.2) is 0 Å². The predicted molar refractivity (Wildman–Crippen MR) is 254 cm³/mol. The van der Waals surface area contributed by atoms with Gasteiger partial charge in [-0.2, -0.15) is 0 Å². The molecular weight excluding hydrogens is 877 g/mol. The SMILES string of the molecule is CC(CCC(=O)NC(CCC(=O)NCCCCC(NN)C(=O)NC(CCCCNC(=O)c1cc(B(O)O)cc([N+](=O)[O-])c1)C(=O)O)C(=O)O)C1CCC2C3CC[C@H]4CCCC[C@@]4(C)C3CC[C@@]12C. The number of fused-ring (bicyclic) bond motifs is 5. The molecule has 19 nitrogen and oxygen atoms in total. The van der Waals surface area contributed by atoms with Crippen molar-refractivity contribution in [2.24, 2.45) is 52.2 Å². The molecule has 1 aromatic rings. The molecule has 0 radical (unpaired) electrons. The molecule has 1 aromatic carbocycles. The van der Waals surface area contributed by atoms with Crippen molar-refractivity contribution in [2.45, 2.75) is 167 Å². The van der Waals surface area contributed by atoms with Crippen molar-refractivity contribution in [3.05, 3.63) is 33.9 Å². The lowest BCUT2D eigenvalue weighted by molar-refractivity contribution is -0.384. The second-order valence-electron chi connectivity index (χ2n) is 20.8. The van der Waals surface area contributed by atoms with Crippen LogP contribution in [0.25, 0.3) is 0 Å². The number of nitro groups is 1. The second-order valence-corrected chi connectivity index (χ2v) is 20.8. The van der Waals surface area contributed by atoms with Gasteiger partial charge < -0.3 is 41.5 Å². The van der Waals surface area contributed by atoms with Gasteiger partial charge in [0.05, 0.1) is 11.0 Å². The van der Waals surface area contributed by atoms with Crippen LogP contribution in [0.4, 0.5) is 5.69 Å². The maximum Gasteiger partial charge on any atom is 0.488 e. The molecule has 4 aliphatic rings. The molecule has 0 bridgehead atoms. The fourth-order valence-electron chi connectivity index (χ4n) is 13.0. The number of hydrogen-bond acceptors (Lipinski definition) is 12. The van der Waals surface area contributed by atoms with Crippen LogP contribution in [0, 0.1) is 56.5 Å². The molecule has 0 aromatic heterocycles. The highest BCUT2D eigenvalue weighted by molar-refractivity contribution is 6.58. The van der Waals surface area contributed by atoms with Crippen LogP contribution in [0.15, 0.2) is 18.2 Å². The molecule has 0 spiro atoms. The molecule has 20 heteroatoms. The van der Waals surface area contributed by atoms with Gasteiger partial charge >= 0.3 is 19.1 Å². The molecule has 4 fully saturated rings. The fraction of sp³-hybridized carbons (Fsp3) is 0.750. The molecule has 378 valence electrons. The number of benzene rings is 1. The molecule has 0 heterocycles. The van der Waals surface area contributed by atoms with Crippen molar-refractivity contribution in [2.75, 3.05) is 13.1 Å². The summed E-state index contributed by atoms with van der Waals surface area (Å²) in [7, 11) is -2.02. The Morgan fingerprint density at radius 2 is 1.40 bits per heavy atom. The molecule has 11 N–H and O–H groups in total. The zero-order valence-electron chi connectivity index (χ0n) is 40.1. The Morgan fingerprint density at radius 1 is 0.750 bits per heavy atom. The molecule has 11 atom stereocenters. The van der Waals surface area contributed by atoms with Crippen LogP contribution in [0.1, 0.15) is 160 Å². The lowest BCUT2D eigenvalue weighted by Crippen LogP contribution is -2.53. The van der Waals surface area contributed by atoms with E-state index in [4.69, 9.17) is 5.84 Å². The zero-order valence-corrected chi connectivity index (χ0v) is 40.1. The Labute approximate surface area is 399 Å². The van der Waals surface area contributed by atoms with E-state index in [1.165, 1.54) is 64.2 Å². The van der Waals surface area contributed by atoms with E-state index < -0.39 is 59.6 Å². The van der Waals surface area contributed by atoms with Gasteiger partial charge in [-0.25, -0.2) is 15.0 Å². The average Bonchev–Trinajstić information content (AvgIpc) is 3.66. The Bertz CT molecular complexity index is 1960. The first-order valence-electron chi connectivity index (χ1n) is 25.0. The summed E-state index contributed by atoms with van der Waals surface area (Å²) in [6.45, 7) is 7.71. The van der Waals surface area contributed by atoms with Crippen molar-refractivity contribution in [1.82, 2.24) is 26.7 Å². The Hall–Kier alpha value is -4.66. The molecule has 0 saturated heterocycles. The quantitative estimate of drug-likeness (QED) is 0.0208. The summed E-state index contributed by atoms with van der Waals surface area (Å²) in [5, 5.41) is 60.0. The van der Waals surface area contributed by atoms with Crippen LogP contribution in [-0.4, -0.2) is 99.1 Å². The number of hydrazine groups is 1. The minimum Gasteiger partial charge on any atom is -0.480 e. The third-order valence-electron chi connectivity index (χ3n) is 16.8. The number of nitrogens with two attached hydrogens (primary N) is 1. The zero-order chi connectivity index (χ0) is 49.8. The number of non-ortho nitro benzene ring substituents is 1. The van der Waals surface area contributed by atoms with Crippen LogP contribution < -0.4 is 38.0 Å². The van der Waals surface area contributed by atoms with Crippen LogP contribution in [-0.2, 0) is 24.0 Å². The van der Waals surface area contributed by atoms with E-state index in [1.54, 1.807) is 0 Å². The second kappa shape index (κ2) is 24.8. The molecule has 4 amide bonds. The van der Waals surface area contributed by atoms with Gasteiger partial charge in [-0.3, -0.25) is 35.1 Å². The maximum atomic E-state index is 13.1. The molecule has 8 unspecified atom stereocenters. The number of carbonyl (C=O) groups excluding carboxylic acids is 4. The summed E-state index contributed by atoms with van der Waals surface area (Å²) >= 11 is 0. The number of amides is 4. The highest BCUT2D eigenvalue weighted by Gasteiger charge is 2.60. The summed E-state index contributed by atoms with van der Waals surface area (Å²) in [6.07, 6.45) is 15.8. The van der Waals surface area contributed by atoms with Crippen LogP contribution in [0.2, 0.25) is 0 Å². The first-order chi connectivity index (χ1) is 32.3. The van der Waals surface area contributed by atoms with Crippen molar-refractivity contribution in [1.29, 1.82) is 0 Å². The first-order valence-corrected chi connectivity index (χ1v) is 25.0. The summed E-state index contributed by atoms with van der Waals surface area (Å²) < 4.78 is 0. The van der Waals surface area contributed by atoms with Crippen LogP contribution >= 0.6 is 0 Å². The predicted octanol–water partition coefficient (Wildman–Crippen LogP) is 3.68. The number of rotatable bonds is 26. The number of unbranched alkanes of at least 4 members (excludes halogenated alkanes) is 2. The van der Waals surface area contributed by atoms with Crippen molar-refractivity contribution in [3.63, 3.8) is 0 Å². The van der Waals surface area contributed by atoms with E-state index in [-0.39, 0.29) is 79.9 Å². The minimum atomic E-state index is -2.02. The van der Waals surface area contributed by atoms with Crippen molar-refractivity contribution < 1.29 is 54.0 Å². The molecule has 4 saturated carbocycles. The fourth-order valence-corrected chi connectivity index (χ4v) is 13.0.